The Morgan fingerprint density at radius 1 is 1.33 bits per heavy atom. The van der Waals surface area contributed by atoms with E-state index in [2.05, 4.69) is 19.9 Å². The Morgan fingerprint density at radius 2 is 1.89 bits per heavy atom. The van der Waals surface area contributed by atoms with Crippen molar-refractivity contribution in [2.45, 2.75) is 6.92 Å². The van der Waals surface area contributed by atoms with Crippen molar-refractivity contribution in [2.75, 3.05) is 5.73 Å². The summed E-state index contributed by atoms with van der Waals surface area (Å²) in [6.45, 7) is 0.972. The molecule has 0 bridgehead atoms. The number of imidazole rings is 1. The van der Waals surface area contributed by atoms with E-state index in [1.165, 1.54) is 6.33 Å². The molecule has 0 aliphatic heterocycles. The molecule has 2 aromatic heterocycles. The van der Waals surface area contributed by atoms with Crippen molar-refractivity contribution in [3.05, 3.63) is 12.2 Å². The first-order valence-corrected chi connectivity index (χ1v) is 4.27. The number of anilines is 1. The molecule has 0 aromatic carbocycles. The molecule has 3 N–H and O–H groups in total. The van der Waals surface area contributed by atoms with E-state index in [1.807, 2.05) is 0 Å². The first kappa shape index (κ1) is 15.8. The van der Waals surface area contributed by atoms with Crippen LogP contribution in [0.4, 0.5) is 5.82 Å². The van der Waals surface area contributed by atoms with Gasteiger partial charge >= 0.3 is 16.8 Å². The van der Waals surface area contributed by atoms with Crippen LogP contribution >= 0.6 is 0 Å². The zero-order chi connectivity index (χ0) is 13.0. The van der Waals surface area contributed by atoms with Crippen LogP contribution in [0.2, 0.25) is 0 Å². The Kier molecular flexibility index (Phi) is 5.71. The average molecular weight is 296 g/mol. The van der Waals surface area contributed by atoms with Crippen LogP contribution < -0.4 is 15.9 Å². The summed E-state index contributed by atoms with van der Waals surface area (Å²) >= 11 is 0. The number of nitrogens with two attached hydrogens (primary N) is 1. The molecule has 0 aliphatic rings. The van der Waals surface area contributed by atoms with Gasteiger partial charge in [0.1, 0.15) is 11.5 Å². The summed E-state index contributed by atoms with van der Waals surface area (Å²) in [6, 6.07) is 0. The van der Waals surface area contributed by atoms with Gasteiger partial charge in [0.05, 0.1) is 6.33 Å². The van der Waals surface area contributed by atoms with Crippen molar-refractivity contribution in [2.24, 2.45) is 0 Å². The predicted octanol–water partition coefficient (Wildman–Crippen LogP) is -2.95. The Hall–Kier alpha value is -2.20. The van der Waals surface area contributed by atoms with Gasteiger partial charge in [0.15, 0.2) is 17.3 Å². The van der Waals surface area contributed by atoms with E-state index in [9.17, 15) is 9.90 Å². The van der Waals surface area contributed by atoms with Crippen LogP contribution in [-0.2, 0) is 21.6 Å². The Bertz CT molecular complexity index is 566. The van der Waals surface area contributed by atoms with Crippen LogP contribution in [0.15, 0.2) is 6.33 Å². The molecule has 10 heteroatoms. The van der Waals surface area contributed by atoms with Crippen molar-refractivity contribution >= 4 is 28.9 Å². The van der Waals surface area contributed by atoms with Gasteiger partial charge in [-0.25, -0.2) is 15.0 Å². The standard InChI is InChI=1S/C6H5N5O2.C2H4O2.Co/c7-3-2-4(9-1-8-2)11-5(10-3)6(12)13;1-2(3)4;/h1H,(H,12,13)(H3,7,8,9,10,11);1H3,(H,3,4);/q;;+2/p-2. The van der Waals surface area contributed by atoms with E-state index in [0.717, 1.165) is 6.92 Å². The van der Waals surface area contributed by atoms with Crippen molar-refractivity contribution in [3.8, 4) is 0 Å². The number of nitrogens with one attached hydrogen (secondary N) is 1. The van der Waals surface area contributed by atoms with E-state index in [0.29, 0.717) is 5.52 Å². The summed E-state index contributed by atoms with van der Waals surface area (Å²) < 4.78 is 0. The van der Waals surface area contributed by atoms with E-state index in [-0.39, 0.29) is 28.2 Å². The van der Waals surface area contributed by atoms with Gasteiger partial charge in [-0.3, -0.25) is 0 Å². The number of hydrogen-bond acceptors (Lipinski definition) is 8. The first-order valence-electron chi connectivity index (χ1n) is 4.27. The largest absolute Gasteiger partial charge is 2.00 e. The Balaban J connectivity index is 0.000000512. The molecule has 18 heavy (non-hydrogen) atoms. The van der Waals surface area contributed by atoms with Gasteiger partial charge in [-0.15, -0.1) is 0 Å². The first-order chi connectivity index (χ1) is 7.91. The van der Waals surface area contributed by atoms with Gasteiger partial charge in [-0.1, -0.05) is 0 Å². The summed E-state index contributed by atoms with van der Waals surface area (Å²) in [6.07, 6.45) is 1.36. The van der Waals surface area contributed by atoms with Crippen molar-refractivity contribution < 1.29 is 36.6 Å². The molecule has 0 saturated heterocycles. The zero-order valence-electron chi connectivity index (χ0n) is 8.96. The smallest absolute Gasteiger partial charge is 0.550 e. The molecular formula is C8H7CoN5O4. The fourth-order valence-electron chi connectivity index (χ4n) is 0.947. The molecule has 9 nitrogen and oxygen atoms in total. The van der Waals surface area contributed by atoms with E-state index in [4.69, 9.17) is 15.6 Å². The van der Waals surface area contributed by atoms with Gasteiger partial charge in [0, 0.05) is 5.97 Å². The van der Waals surface area contributed by atoms with Gasteiger partial charge in [-0.05, 0) is 6.92 Å². The minimum atomic E-state index is -1.48. The molecular weight excluding hydrogens is 289 g/mol. The van der Waals surface area contributed by atoms with Gasteiger partial charge in [0.2, 0.25) is 0 Å². The molecule has 2 heterocycles. The number of H-pyrrole nitrogens is 1. The molecule has 2 aromatic rings. The van der Waals surface area contributed by atoms with Gasteiger partial charge in [0.25, 0.3) is 0 Å². The number of hydrogen-bond donors (Lipinski definition) is 2. The second-order valence-corrected chi connectivity index (χ2v) is 2.81. The molecule has 0 unspecified atom stereocenters. The molecule has 2 rings (SSSR count). The Morgan fingerprint density at radius 3 is 2.39 bits per heavy atom. The normalized spacial score (nSPS) is 8.94. The number of nitrogens with zero attached hydrogens (tertiary/aromatic N) is 3. The summed E-state index contributed by atoms with van der Waals surface area (Å²) in [7, 11) is 0. The molecule has 0 aliphatic carbocycles. The SMILES string of the molecule is CC(=O)[O-].Nc1nc(C(=O)[O-])nc2nc[nH]c12.[Co+2]. The monoisotopic (exact) mass is 296 g/mol. The molecule has 0 spiro atoms. The molecule has 0 fully saturated rings. The number of carboxylic acid groups (broad SMARTS) is 2. The van der Waals surface area contributed by atoms with Crippen LogP contribution in [0.5, 0.6) is 0 Å². The summed E-state index contributed by atoms with van der Waals surface area (Å²) in [5.41, 5.74) is 6.06. The summed E-state index contributed by atoms with van der Waals surface area (Å²) in [5.74, 6) is -2.98. The van der Waals surface area contributed by atoms with Crippen molar-refractivity contribution in [1.29, 1.82) is 0 Å². The number of aromatic nitrogens is 4. The number of carboxylic acids is 2. The number of fused-ring (bicyclic) bond motifs is 1. The maximum Gasteiger partial charge on any atom is 2.00 e. The molecule has 0 amide bonds. The molecule has 0 saturated carbocycles. The second kappa shape index (κ2) is 6.51. The van der Waals surface area contributed by atoms with Crippen LogP contribution in [0, 0.1) is 0 Å². The van der Waals surface area contributed by atoms with Crippen LogP contribution in [-0.4, -0.2) is 31.9 Å². The fourth-order valence-corrected chi connectivity index (χ4v) is 0.947. The maximum atomic E-state index is 10.4. The third-order valence-corrected chi connectivity index (χ3v) is 1.50. The topological polar surface area (TPSA) is 161 Å². The molecule has 97 valence electrons. The maximum absolute atomic E-state index is 10.4. The molecule has 1 radical (unpaired) electrons. The minimum absolute atomic E-state index is 0. The second-order valence-electron chi connectivity index (χ2n) is 2.81. The fraction of sp³-hybridized carbons (Fsp3) is 0.125. The van der Waals surface area contributed by atoms with Crippen LogP contribution in [0.1, 0.15) is 17.5 Å². The predicted molar refractivity (Wildman–Crippen MR) is 51.1 cm³/mol. The van der Waals surface area contributed by atoms with Gasteiger partial charge < -0.3 is 30.5 Å². The third kappa shape index (κ3) is 3.99. The average Bonchev–Trinajstić information content (AvgIpc) is 2.64. The summed E-state index contributed by atoms with van der Waals surface area (Å²) in [4.78, 5) is 32.8. The number of aromatic carboxylic acids is 1. The minimum Gasteiger partial charge on any atom is -0.550 e. The zero-order valence-corrected chi connectivity index (χ0v) is 10.0. The van der Waals surface area contributed by atoms with Crippen molar-refractivity contribution in [1.82, 2.24) is 19.9 Å². The van der Waals surface area contributed by atoms with E-state index >= 15 is 0 Å². The number of carbonyl (C=O) groups excluding carboxylic acids is 2. The van der Waals surface area contributed by atoms with Crippen LogP contribution in [0.3, 0.4) is 0 Å². The quantitative estimate of drug-likeness (QED) is 0.564. The summed E-state index contributed by atoms with van der Waals surface area (Å²) in [5, 5.41) is 19.3. The number of rotatable bonds is 1. The molecule has 0 atom stereocenters. The number of aromatic amines is 1. The van der Waals surface area contributed by atoms with Gasteiger partial charge in [-0.2, -0.15) is 0 Å². The third-order valence-electron chi connectivity index (χ3n) is 1.50. The Labute approximate surface area is 111 Å². The van der Waals surface area contributed by atoms with E-state index < -0.39 is 17.8 Å². The van der Waals surface area contributed by atoms with Crippen LogP contribution in [0.25, 0.3) is 11.2 Å². The van der Waals surface area contributed by atoms with Crippen molar-refractivity contribution in [3.63, 3.8) is 0 Å². The number of aliphatic carboxylic acids is 1. The number of nitrogen functional groups attached to an aromatic ring is 1. The van der Waals surface area contributed by atoms with E-state index in [1.54, 1.807) is 0 Å². The number of carbonyl (C=O) groups is 2.